The number of likely N-dealkylation sites (tertiary alicyclic amines) is 1. The first-order valence-electron chi connectivity index (χ1n) is 11.0. The first-order chi connectivity index (χ1) is 16.5. The molecule has 4 rings (SSSR count). The van der Waals surface area contributed by atoms with Gasteiger partial charge < -0.3 is 19.5 Å². The molecule has 1 amide bonds. The van der Waals surface area contributed by atoms with Crippen molar-refractivity contribution in [3.63, 3.8) is 0 Å². The number of aromatic nitrogens is 1. The van der Waals surface area contributed by atoms with Crippen LogP contribution in [0.3, 0.4) is 0 Å². The monoisotopic (exact) mass is 458 g/mol. The number of hydrogen-bond donors (Lipinski definition) is 1. The summed E-state index contributed by atoms with van der Waals surface area (Å²) in [6.45, 7) is 2.71. The molecule has 0 radical (unpaired) electrons. The Balaban J connectivity index is 1.68. The van der Waals surface area contributed by atoms with Crippen LogP contribution in [0.25, 0.3) is 5.76 Å². The zero-order valence-electron chi connectivity index (χ0n) is 19.1. The van der Waals surface area contributed by atoms with Crippen LogP contribution in [-0.2, 0) is 20.9 Å². The molecule has 1 saturated heterocycles. The Morgan fingerprint density at radius 2 is 1.88 bits per heavy atom. The zero-order chi connectivity index (χ0) is 24.1. The van der Waals surface area contributed by atoms with E-state index in [1.807, 2.05) is 37.3 Å². The maximum atomic E-state index is 13.0. The van der Waals surface area contributed by atoms with Crippen molar-refractivity contribution >= 4 is 17.4 Å². The number of aliphatic hydroxyl groups excluding tert-OH is 1. The minimum absolute atomic E-state index is 0.0372. The molecule has 0 spiro atoms. The van der Waals surface area contributed by atoms with E-state index >= 15 is 0 Å². The number of amides is 1. The van der Waals surface area contributed by atoms with Gasteiger partial charge in [0, 0.05) is 31.6 Å². The lowest BCUT2D eigenvalue weighted by molar-refractivity contribution is -0.140. The standard InChI is InChI=1S/C27H26N2O5/c1-18-15-21(34-17-19-7-4-3-5-8-19)10-11-22(18)25(30)23-24(20-9-6-12-28-16-20)29(13-14-33-2)27(32)26(23)31/h3-12,15-16,24,30H,13-14,17H2,1-2H3/t24-/m1/s1. The normalized spacial score (nSPS) is 17.2. The highest BCUT2D eigenvalue weighted by Gasteiger charge is 2.46. The number of ketones is 1. The van der Waals surface area contributed by atoms with Gasteiger partial charge >= 0.3 is 0 Å². The second-order valence-corrected chi connectivity index (χ2v) is 8.02. The molecule has 0 saturated carbocycles. The first-order valence-corrected chi connectivity index (χ1v) is 11.0. The van der Waals surface area contributed by atoms with Crippen LogP contribution >= 0.6 is 0 Å². The summed E-state index contributed by atoms with van der Waals surface area (Å²) in [6, 6.07) is 17.8. The number of aliphatic hydroxyl groups is 1. The highest BCUT2D eigenvalue weighted by Crippen LogP contribution is 2.39. The molecular weight excluding hydrogens is 432 g/mol. The van der Waals surface area contributed by atoms with Crippen molar-refractivity contribution in [2.24, 2.45) is 0 Å². The van der Waals surface area contributed by atoms with Crippen molar-refractivity contribution in [1.29, 1.82) is 0 Å². The van der Waals surface area contributed by atoms with Crippen LogP contribution in [0.4, 0.5) is 0 Å². The van der Waals surface area contributed by atoms with Gasteiger partial charge in [0.15, 0.2) is 0 Å². The number of carbonyl (C=O) groups excluding carboxylic acids is 2. The van der Waals surface area contributed by atoms with Crippen molar-refractivity contribution in [1.82, 2.24) is 9.88 Å². The van der Waals surface area contributed by atoms with Gasteiger partial charge in [-0.15, -0.1) is 0 Å². The SMILES string of the molecule is COCCN1C(=O)C(=O)C(=C(O)c2ccc(OCc3ccccc3)cc2C)[C@H]1c1cccnc1. The molecule has 2 heterocycles. The van der Waals surface area contributed by atoms with E-state index in [2.05, 4.69) is 4.98 Å². The van der Waals surface area contributed by atoms with Crippen molar-refractivity contribution in [3.05, 3.63) is 101 Å². The summed E-state index contributed by atoms with van der Waals surface area (Å²) < 4.78 is 11.0. The van der Waals surface area contributed by atoms with Gasteiger partial charge in [-0.2, -0.15) is 0 Å². The fraction of sp³-hybridized carbons (Fsp3) is 0.222. The molecule has 1 atom stereocenters. The lowest BCUT2D eigenvalue weighted by atomic mass is 9.94. The molecule has 3 aromatic rings. The summed E-state index contributed by atoms with van der Waals surface area (Å²) in [5.41, 5.74) is 2.90. The molecule has 0 unspecified atom stereocenters. The highest BCUT2D eigenvalue weighted by atomic mass is 16.5. The van der Waals surface area contributed by atoms with Gasteiger partial charge in [-0.25, -0.2) is 0 Å². The summed E-state index contributed by atoms with van der Waals surface area (Å²) in [7, 11) is 1.53. The molecule has 1 fully saturated rings. The molecule has 1 aliphatic heterocycles. The first kappa shape index (κ1) is 23.2. The van der Waals surface area contributed by atoms with Crippen LogP contribution in [0.2, 0.25) is 0 Å². The second-order valence-electron chi connectivity index (χ2n) is 8.02. The Bertz CT molecular complexity index is 1210. The van der Waals surface area contributed by atoms with Gasteiger partial charge in [-0.3, -0.25) is 14.6 Å². The third kappa shape index (κ3) is 4.70. The quantitative estimate of drug-likeness (QED) is 0.311. The molecule has 1 aliphatic rings. The molecule has 34 heavy (non-hydrogen) atoms. The van der Waals surface area contributed by atoms with Gasteiger partial charge in [0.1, 0.15) is 18.1 Å². The van der Waals surface area contributed by atoms with Gasteiger partial charge in [0.05, 0.1) is 18.2 Å². The lowest BCUT2D eigenvalue weighted by Gasteiger charge is -2.24. The summed E-state index contributed by atoms with van der Waals surface area (Å²) in [4.78, 5) is 31.4. The average molecular weight is 459 g/mol. The maximum absolute atomic E-state index is 13.0. The smallest absolute Gasteiger partial charge is 0.295 e. The van der Waals surface area contributed by atoms with E-state index < -0.39 is 17.7 Å². The third-order valence-electron chi connectivity index (χ3n) is 5.78. The minimum Gasteiger partial charge on any atom is -0.507 e. The zero-order valence-corrected chi connectivity index (χ0v) is 19.1. The van der Waals surface area contributed by atoms with Gasteiger partial charge in [0.2, 0.25) is 0 Å². The predicted molar refractivity (Wildman–Crippen MR) is 127 cm³/mol. The summed E-state index contributed by atoms with van der Waals surface area (Å²) in [5, 5.41) is 11.3. The van der Waals surface area contributed by atoms with Crippen molar-refractivity contribution in [2.45, 2.75) is 19.6 Å². The Morgan fingerprint density at radius 3 is 2.56 bits per heavy atom. The topological polar surface area (TPSA) is 89.0 Å². The average Bonchev–Trinajstić information content (AvgIpc) is 3.12. The number of aryl methyl sites for hydroxylation is 1. The third-order valence-corrected chi connectivity index (χ3v) is 5.78. The number of ether oxygens (including phenoxy) is 2. The molecule has 2 aromatic carbocycles. The Kier molecular flexibility index (Phi) is 7.04. The van der Waals surface area contributed by atoms with E-state index in [1.165, 1.54) is 12.0 Å². The molecule has 174 valence electrons. The fourth-order valence-electron chi connectivity index (χ4n) is 4.06. The van der Waals surface area contributed by atoms with E-state index in [4.69, 9.17) is 9.47 Å². The van der Waals surface area contributed by atoms with Crippen molar-refractivity contribution in [3.8, 4) is 5.75 Å². The van der Waals surface area contributed by atoms with E-state index in [9.17, 15) is 14.7 Å². The van der Waals surface area contributed by atoms with Crippen LogP contribution in [0.15, 0.2) is 78.6 Å². The molecule has 1 N–H and O–H groups in total. The Morgan fingerprint density at radius 1 is 1.09 bits per heavy atom. The Labute approximate surface area is 198 Å². The number of pyridine rings is 1. The number of hydrogen-bond acceptors (Lipinski definition) is 6. The van der Waals surface area contributed by atoms with Crippen LogP contribution in [0.5, 0.6) is 5.75 Å². The molecule has 7 nitrogen and oxygen atoms in total. The van der Waals surface area contributed by atoms with Gasteiger partial charge in [-0.05, 0) is 47.9 Å². The number of Topliss-reactive ketones (excluding diaryl/α,β-unsaturated/α-hetero) is 1. The molecule has 0 aliphatic carbocycles. The van der Waals surface area contributed by atoms with Crippen LogP contribution < -0.4 is 4.74 Å². The van der Waals surface area contributed by atoms with Crippen molar-refractivity contribution < 1.29 is 24.2 Å². The van der Waals surface area contributed by atoms with E-state index in [0.717, 1.165) is 11.1 Å². The van der Waals surface area contributed by atoms with E-state index in [0.29, 0.717) is 23.5 Å². The lowest BCUT2D eigenvalue weighted by Crippen LogP contribution is -2.32. The molecule has 7 heteroatoms. The molecule has 1 aromatic heterocycles. The largest absolute Gasteiger partial charge is 0.507 e. The number of carbonyl (C=O) groups is 2. The summed E-state index contributed by atoms with van der Waals surface area (Å²) in [6.07, 6.45) is 3.21. The van der Waals surface area contributed by atoms with Crippen molar-refractivity contribution in [2.75, 3.05) is 20.3 Å². The maximum Gasteiger partial charge on any atom is 0.295 e. The predicted octanol–water partition coefficient (Wildman–Crippen LogP) is 4.04. The minimum atomic E-state index is -0.753. The van der Waals surface area contributed by atoms with Crippen LogP contribution in [0, 0.1) is 6.92 Å². The van der Waals surface area contributed by atoms with Gasteiger partial charge in [-0.1, -0.05) is 36.4 Å². The summed E-state index contributed by atoms with van der Waals surface area (Å²) in [5.74, 6) is -0.985. The number of benzene rings is 2. The summed E-state index contributed by atoms with van der Waals surface area (Å²) >= 11 is 0. The highest BCUT2D eigenvalue weighted by molar-refractivity contribution is 6.46. The van der Waals surface area contributed by atoms with E-state index in [-0.39, 0.29) is 24.5 Å². The number of methoxy groups -OCH3 is 1. The second kappa shape index (κ2) is 10.3. The van der Waals surface area contributed by atoms with Crippen LogP contribution in [-0.4, -0.2) is 46.9 Å². The number of nitrogens with zero attached hydrogens (tertiary/aromatic N) is 2. The number of rotatable bonds is 8. The Hall–Kier alpha value is -3.97. The molecular formula is C27H26N2O5. The van der Waals surface area contributed by atoms with Crippen LogP contribution in [0.1, 0.15) is 28.3 Å². The molecule has 0 bridgehead atoms. The van der Waals surface area contributed by atoms with E-state index in [1.54, 1.807) is 42.7 Å². The fourth-order valence-corrected chi connectivity index (χ4v) is 4.06. The van der Waals surface area contributed by atoms with Gasteiger partial charge in [0.25, 0.3) is 11.7 Å².